The van der Waals surface area contributed by atoms with Gasteiger partial charge < -0.3 is 26.8 Å². The third-order valence-electron chi connectivity index (χ3n) is 4.68. The fourth-order valence-electron chi connectivity index (χ4n) is 3.12. The van der Waals surface area contributed by atoms with E-state index in [0.717, 1.165) is 10.4 Å². The van der Waals surface area contributed by atoms with Crippen molar-refractivity contribution in [2.24, 2.45) is 11.5 Å². The van der Waals surface area contributed by atoms with E-state index in [9.17, 15) is 19.2 Å². The Labute approximate surface area is 203 Å². The van der Waals surface area contributed by atoms with Crippen LogP contribution in [-0.4, -0.2) is 41.3 Å². The van der Waals surface area contributed by atoms with Crippen LogP contribution in [-0.2, 0) is 32.0 Å². The van der Waals surface area contributed by atoms with Gasteiger partial charge in [0.2, 0.25) is 23.6 Å². The van der Waals surface area contributed by atoms with E-state index in [1.54, 1.807) is 24.3 Å². The van der Waals surface area contributed by atoms with E-state index in [-0.39, 0.29) is 31.3 Å². The van der Waals surface area contributed by atoms with Gasteiger partial charge in [-0.15, -0.1) is 11.3 Å². The SMILES string of the molecule is CC(C)(C)Oc1ccc(C[C@H](NC(=O)C(Cc2cccs2)NC(=O)CCC(N)=O)C(N)=O)cc1. The molecule has 0 saturated carbocycles. The van der Waals surface area contributed by atoms with Crippen LogP contribution in [0.1, 0.15) is 44.1 Å². The first-order valence-electron chi connectivity index (χ1n) is 10.9. The van der Waals surface area contributed by atoms with E-state index in [1.807, 2.05) is 38.3 Å². The lowest BCUT2D eigenvalue weighted by Crippen LogP contribution is -2.54. The molecule has 34 heavy (non-hydrogen) atoms. The first-order valence-corrected chi connectivity index (χ1v) is 11.8. The molecule has 0 aliphatic rings. The van der Waals surface area contributed by atoms with Crippen LogP contribution in [0.2, 0.25) is 0 Å². The Morgan fingerprint density at radius 2 is 1.62 bits per heavy atom. The average molecular weight is 489 g/mol. The normalized spacial score (nSPS) is 12.9. The summed E-state index contributed by atoms with van der Waals surface area (Å²) in [5.41, 5.74) is 11.1. The number of carbonyl (C=O) groups is 4. The predicted octanol–water partition coefficient (Wildman–Crippen LogP) is 1.43. The van der Waals surface area contributed by atoms with E-state index in [1.165, 1.54) is 11.3 Å². The second-order valence-corrected chi connectivity index (χ2v) is 9.93. The van der Waals surface area contributed by atoms with Crippen molar-refractivity contribution in [2.45, 2.75) is 64.1 Å². The summed E-state index contributed by atoms with van der Waals surface area (Å²) in [4.78, 5) is 49.2. The molecule has 1 aromatic heterocycles. The summed E-state index contributed by atoms with van der Waals surface area (Å²) in [6.07, 6.45) is 0.151. The van der Waals surface area contributed by atoms with Crippen molar-refractivity contribution in [2.75, 3.05) is 0 Å². The van der Waals surface area contributed by atoms with E-state index < -0.39 is 35.7 Å². The number of nitrogens with two attached hydrogens (primary N) is 2. The van der Waals surface area contributed by atoms with Gasteiger partial charge in [-0.2, -0.15) is 0 Å². The van der Waals surface area contributed by atoms with Crippen molar-refractivity contribution in [3.63, 3.8) is 0 Å². The number of primary amides is 2. The monoisotopic (exact) mass is 488 g/mol. The Morgan fingerprint density at radius 1 is 0.941 bits per heavy atom. The maximum absolute atomic E-state index is 13.0. The van der Waals surface area contributed by atoms with Gasteiger partial charge in [-0.25, -0.2) is 0 Å². The minimum absolute atomic E-state index is 0.127. The van der Waals surface area contributed by atoms with E-state index in [2.05, 4.69) is 10.6 Å². The minimum Gasteiger partial charge on any atom is -0.488 e. The highest BCUT2D eigenvalue weighted by Gasteiger charge is 2.26. The number of hydrogen-bond donors (Lipinski definition) is 4. The third kappa shape index (κ3) is 9.62. The fourth-order valence-corrected chi connectivity index (χ4v) is 3.87. The molecule has 1 aromatic carbocycles. The molecule has 0 spiro atoms. The van der Waals surface area contributed by atoms with Crippen LogP contribution in [0.4, 0.5) is 0 Å². The fraction of sp³-hybridized carbons (Fsp3) is 0.417. The lowest BCUT2D eigenvalue weighted by molar-refractivity contribution is -0.131. The Kier molecular flexibility index (Phi) is 9.61. The average Bonchev–Trinajstić information content (AvgIpc) is 3.24. The van der Waals surface area contributed by atoms with Gasteiger partial charge in [-0.3, -0.25) is 19.2 Å². The van der Waals surface area contributed by atoms with Crippen molar-refractivity contribution in [1.29, 1.82) is 0 Å². The second kappa shape index (κ2) is 12.2. The zero-order chi connectivity index (χ0) is 25.3. The summed E-state index contributed by atoms with van der Waals surface area (Å²) in [7, 11) is 0. The summed E-state index contributed by atoms with van der Waals surface area (Å²) >= 11 is 1.44. The number of benzene rings is 1. The van der Waals surface area contributed by atoms with Crippen molar-refractivity contribution in [1.82, 2.24) is 10.6 Å². The molecular weight excluding hydrogens is 456 g/mol. The highest BCUT2D eigenvalue weighted by atomic mass is 32.1. The summed E-state index contributed by atoms with van der Waals surface area (Å²) in [5, 5.41) is 7.14. The number of amides is 4. The van der Waals surface area contributed by atoms with Gasteiger partial charge in [0, 0.05) is 30.6 Å². The molecule has 1 unspecified atom stereocenters. The van der Waals surface area contributed by atoms with Crippen molar-refractivity contribution >= 4 is 35.0 Å². The Morgan fingerprint density at radius 3 is 2.15 bits per heavy atom. The zero-order valence-electron chi connectivity index (χ0n) is 19.6. The van der Waals surface area contributed by atoms with E-state index in [4.69, 9.17) is 16.2 Å². The lowest BCUT2D eigenvalue weighted by Gasteiger charge is -2.23. The molecule has 2 rings (SSSR count). The Hall–Kier alpha value is -3.40. The molecule has 9 nitrogen and oxygen atoms in total. The molecule has 0 aliphatic carbocycles. The molecule has 10 heteroatoms. The summed E-state index contributed by atoms with van der Waals surface area (Å²) in [6, 6.07) is 8.95. The molecule has 4 amide bonds. The van der Waals surface area contributed by atoms with Crippen LogP contribution in [0.25, 0.3) is 0 Å². The van der Waals surface area contributed by atoms with Gasteiger partial charge >= 0.3 is 0 Å². The van der Waals surface area contributed by atoms with Crippen molar-refractivity contribution in [3.8, 4) is 5.75 Å². The summed E-state index contributed by atoms with van der Waals surface area (Å²) in [5.74, 6) is -1.65. The summed E-state index contributed by atoms with van der Waals surface area (Å²) in [6.45, 7) is 5.83. The standard InChI is InChI=1S/C24H32N4O5S/c1-24(2,3)33-16-8-6-15(7-9-16)13-18(22(26)31)28-23(32)19(14-17-5-4-12-34-17)27-21(30)11-10-20(25)29/h4-9,12,18-19H,10-11,13-14H2,1-3H3,(H2,25,29)(H2,26,31)(H,27,30)(H,28,32)/t18-,19?/m0/s1. The molecule has 0 bridgehead atoms. The third-order valence-corrected chi connectivity index (χ3v) is 5.58. The Balaban J connectivity index is 2.08. The number of rotatable bonds is 12. The van der Waals surface area contributed by atoms with Crippen LogP contribution in [0.15, 0.2) is 41.8 Å². The molecule has 0 radical (unpaired) electrons. The highest BCUT2D eigenvalue weighted by Crippen LogP contribution is 2.19. The molecule has 0 saturated heterocycles. The van der Waals surface area contributed by atoms with Crippen LogP contribution >= 0.6 is 11.3 Å². The smallest absolute Gasteiger partial charge is 0.243 e. The number of nitrogens with one attached hydrogen (secondary N) is 2. The number of ether oxygens (including phenoxy) is 1. The maximum Gasteiger partial charge on any atom is 0.243 e. The molecule has 0 aliphatic heterocycles. The quantitative estimate of drug-likeness (QED) is 0.356. The largest absolute Gasteiger partial charge is 0.488 e. The van der Waals surface area contributed by atoms with Gasteiger partial charge in [0.15, 0.2) is 0 Å². The first-order chi connectivity index (χ1) is 15.9. The number of hydrogen-bond acceptors (Lipinski definition) is 6. The zero-order valence-corrected chi connectivity index (χ0v) is 20.4. The molecule has 1 heterocycles. The number of thiophene rings is 1. The van der Waals surface area contributed by atoms with Crippen molar-refractivity contribution < 1.29 is 23.9 Å². The van der Waals surface area contributed by atoms with Crippen LogP contribution in [0.5, 0.6) is 5.75 Å². The topological polar surface area (TPSA) is 154 Å². The molecule has 184 valence electrons. The minimum atomic E-state index is -0.977. The maximum atomic E-state index is 13.0. The van der Waals surface area contributed by atoms with E-state index in [0.29, 0.717) is 5.75 Å². The first kappa shape index (κ1) is 26.8. The highest BCUT2D eigenvalue weighted by molar-refractivity contribution is 7.09. The van der Waals surface area contributed by atoms with Crippen LogP contribution < -0.4 is 26.8 Å². The summed E-state index contributed by atoms with van der Waals surface area (Å²) < 4.78 is 5.80. The molecule has 2 atom stereocenters. The van der Waals surface area contributed by atoms with Crippen molar-refractivity contribution in [3.05, 3.63) is 52.2 Å². The molecular formula is C24H32N4O5S. The predicted molar refractivity (Wildman–Crippen MR) is 130 cm³/mol. The number of carbonyl (C=O) groups excluding carboxylic acids is 4. The second-order valence-electron chi connectivity index (χ2n) is 8.90. The van der Waals surface area contributed by atoms with Gasteiger partial charge in [0.1, 0.15) is 23.4 Å². The van der Waals surface area contributed by atoms with Crippen LogP contribution in [0, 0.1) is 0 Å². The van der Waals surface area contributed by atoms with Gasteiger partial charge in [-0.05, 0) is 49.9 Å². The molecule has 2 aromatic rings. The van der Waals surface area contributed by atoms with E-state index >= 15 is 0 Å². The lowest BCUT2D eigenvalue weighted by atomic mass is 10.0. The van der Waals surface area contributed by atoms with Crippen LogP contribution in [0.3, 0.4) is 0 Å². The van der Waals surface area contributed by atoms with Gasteiger partial charge in [0.25, 0.3) is 0 Å². The van der Waals surface area contributed by atoms with Gasteiger partial charge in [0.05, 0.1) is 0 Å². The molecule has 6 N–H and O–H groups in total. The molecule has 0 fully saturated rings. The Bertz CT molecular complexity index is 984. The van der Waals surface area contributed by atoms with Gasteiger partial charge in [-0.1, -0.05) is 18.2 Å².